The Bertz CT molecular complexity index is 1010. The number of amides is 2. The third-order valence-corrected chi connectivity index (χ3v) is 5.27. The highest BCUT2D eigenvalue weighted by Gasteiger charge is 2.27. The number of rotatable bonds is 5. The first kappa shape index (κ1) is 19.1. The predicted octanol–water partition coefficient (Wildman–Crippen LogP) is 2.53. The van der Waals surface area contributed by atoms with Crippen LogP contribution in [0.2, 0.25) is 0 Å². The number of benzene rings is 2. The van der Waals surface area contributed by atoms with Gasteiger partial charge in [-0.1, -0.05) is 36.4 Å². The predicted molar refractivity (Wildman–Crippen MR) is 112 cm³/mol. The van der Waals surface area contributed by atoms with E-state index in [1.807, 2.05) is 59.5 Å². The molecule has 3 aromatic rings. The van der Waals surface area contributed by atoms with E-state index >= 15 is 0 Å². The average molecular weight is 388 g/mol. The summed E-state index contributed by atoms with van der Waals surface area (Å²) in [4.78, 5) is 31.3. The Morgan fingerprint density at radius 1 is 1.10 bits per heavy atom. The highest BCUT2D eigenvalue weighted by Crippen LogP contribution is 2.22. The van der Waals surface area contributed by atoms with E-state index in [2.05, 4.69) is 15.6 Å². The van der Waals surface area contributed by atoms with Gasteiger partial charge in [-0.25, -0.2) is 0 Å². The zero-order chi connectivity index (χ0) is 20.1. The van der Waals surface area contributed by atoms with Crippen LogP contribution in [-0.2, 0) is 4.79 Å². The van der Waals surface area contributed by atoms with Crippen LogP contribution in [0.15, 0.2) is 67.0 Å². The number of aromatic nitrogens is 1. The van der Waals surface area contributed by atoms with Crippen molar-refractivity contribution in [2.45, 2.75) is 12.5 Å². The SMILES string of the molecule is O=C(NCCC(=O)N1CCNCC1c1cccnc1)c1ccc2ccccc2c1. The molecule has 6 heteroatoms. The zero-order valence-electron chi connectivity index (χ0n) is 16.2. The smallest absolute Gasteiger partial charge is 0.251 e. The lowest BCUT2D eigenvalue weighted by atomic mass is 10.0. The fraction of sp³-hybridized carbons (Fsp3) is 0.261. The molecule has 2 heterocycles. The van der Waals surface area contributed by atoms with E-state index < -0.39 is 0 Å². The van der Waals surface area contributed by atoms with Gasteiger partial charge in [0, 0.05) is 50.6 Å². The Morgan fingerprint density at radius 2 is 1.97 bits per heavy atom. The summed E-state index contributed by atoms with van der Waals surface area (Å²) in [6, 6.07) is 17.4. The van der Waals surface area contributed by atoms with Crippen LogP contribution < -0.4 is 10.6 Å². The van der Waals surface area contributed by atoms with Crippen LogP contribution in [0.3, 0.4) is 0 Å². The summed E-state index contributed by atoms with van der Waals surface area (Å²) in [6.45, 7) is 2.44. The molecule has 0 aliphatic carbocycles. The molecule has 2 aromatic carbocycles. The van der Waals surface area contributed by atoms with E-state index in [9.17, 15) is 9.59 Å². The Morgan fingerprint density at radius 3 is 2.79 bits per heavy atom. The van der Waals surface area contributed by atoms with Gasteiger partial charge in [-0.05, 0) is 34.5 Å². The van der Waals surface area contributed by atoms with Gasteiger partial charge in [-0.3, -0.25) is 14.6 Å². The molecular formula is C23H24N4O2. The molecule has 4 rings (SSSR count). The molecule has 2 amide bonds. The molecule has 0 bridgehead atoms. The molecule has 1 fully saturated rings. The first-order valence-electron chi connectivity index (χ1n) is 9.89. The van der Waals surface area contributed by atoms with Crippen molar-refractivity contribution in [3.8, 4) is 0 Å². The number of carbonyl (C=O) groups excluding carboxylic acids is 2. The number of piperazine rings is 1. The normalized spacial score (nSPS) is 16.6. The molecule has 1 unspecified atom stereocenters. The maximum atomic E-state index is 12.8. The van der Waals surface area contributed by atoms with Crippen LogP contribution in [0.1, 0.15) is 28.4 Å². The van der Waals surface area contributed by atoms with Crippen LogP contribution >= 0.6 is 0 Å². The zero-order valence-corrected chi connectivity index (χ0v) is 16.2. The van der Waals surface area contributed by atoms with Crippen molar-refractivity contribution in [3.63, 3.8) is 0 Å². The number of carbonyl (C=O) groups is 2. The first-order valence-corrected chi connectivity index (χ1v) is 9.89. The standard InChI is InChI=1S/C23H24N4O2/c28-22(27-13-12-25-16-21(27)20-6-3-10-24-15-20)9-11-26-23(29)19-8-7-17-4-1-2-5-18(17)14-19/h1-8,10,14-15,21,25H,9,11-13,16H2,(H,26,29). The molecular weight excluding hydrogens is 364 g/mol. The summed E-state index contributed by atoms with van der Waals surface area (Å²) in [5.41, 5.74) is 1.62. The van der Waals surface area contributed by atoms with Gasteiger partial charge in [0.2, 0.25) is 5.91 Å². The number of fused-ring (bicyclic) bond motifs is 1. The molecule has 1 atom stereocenters. The van der Waals surface area contributed by atoms with Crippen LogP contribution in [-0.4, -0.2) is 47.9 Å². The number of hydrogen-bond acceptors (Lipinski definition) is 4. The lowest BCUT2D eigenvalue weighted by molar-refractivity contribution is -0.134. The minimum Gasteiger partial charge on any atom is -0.352 e. The Labute approximate surface area is 169 Å². The van der Waals surface area contributed by atoms with Crippen molar-refractivity contribution in [1.29, 1.82) is 0 Å². The van der Waals surface area contributed by atoms with Crippen LogP contribution in [0.25, 0.3) is 10.8 Å². The van der Waals surface area contributed by atoms with Gasteiger partial charge < -0.3 is 15.5 Å². The first-order chi connectivity index (χ1) is 14.2. The summed E-state index contributed by atoms with van der Waals surface area (Å²) >= 11 is 0. The van der Waals surface area contributed by atoms with E-state index in [1.54, 1.807) is 12.4 Å². The fourth-order valence-corrected chi connectivity index (χ4v) is 3.73. The molecule has 29 heavy (non-hydrogen) atoms. The second-order valence-corrected chi connectivity index (χ2v) is 7.16. The van der Waals surface area contributed by atoms with Gasteiger partial charge in [0.25, 0.3) is 5.91 Å². The van der Waals surface area contributed by atoms with Crippen molar-refractivity contribution in [3.05, 3.63) is 78.1 Å². The van der Waals surface area contributed by atoms with Crippen molar-refractivity contribution >= 4 is 22.6 Å². The van der Waals surface area contributed by atoms with Crippen molar-refractivity contribution in [2.75, 3.05) is 26.2 Å². The monoisotopic (exact) mass is 388 g/mol. The molecule has 0 spiro atoms. The molecule has 6 nitrogen and oxygen atoms in total. The lowest BCUT2D eigenvalue weighted by Crippen LogP contribution is -2.49. The number of nitrogens with zero attached hydrogens (tertiary/aromatic N) is 2. The minimum absolute atomic E-state index is 0.0267. The largest absolute Gasteiger partial charge is 0.352 e. The van der Waals surface area contributed by atoms with Crippen LogP contribution in [0.5, 0.6) is 0 Å². The van der Waals surface area contributed by atoms with Gasteiger partial charge in [0.15, 0.2) is 0 Å². The summed E-state index contributed by atoms with van der Waals surface area (Å²) in [6.07, 6.45) is 3.81. The molecule has 1 aromatic heterocycles. The Balaban J connectivity index is 1.35. The van der Waals surface area contributed by atoms with Gasteiger partial charge in [-0.15, -0.1) is 0 Å². The molecule has 0 saturated carbocycles. The third kappa shape index (κ3) is 4.43. The Hall–Kier alpha value is -3.25. The summed E-state index contributed by atoms with van der Waals surface area (Å²) < 4.78 is 0. The van der Waals surface area contributed by atoms with E-state index in [1.165, 1.54) is 0 Å². The van der Waals surface area contributed by atoms with E-state index in [0.29, 0.717) is 25.2 Å². The Kier molecular flexibility index (Phi) is 5.81. The summed E-state index contributed by atoms with van der Waals surface area (Å²) in [7, 11) is 0. The summed E-state index contributed by atoms with van der Waals surface area (Å²) in [5, 5.41) is 8.33. The second-order valence-electron chi connectivity index (χ2n) is 7.16. The maximum Gasteiger partial charge on any atom is 0.251 e. The van der Waals surface area contributed by atoms with Crippen molar-refractivity contribution < 1.29 is 9.59 Å². The van der Waals surface area contributed by atoms with Gasteiger partial charge in [0.1, 0.15) is 0 Å². The number of nitrogens with one attached hydrogen (secondary N) is 2. The van der Waals surface area contributed by atoms with Crippen LogP contribution in [0.4, 0.5) is 0 Å². The topological polar surface area (TPSA) is 74.3 Å². The average Bonchev–Trinajstić information content (AvgIpc) is 2.79. The highest BCUT2D eigenvalue weighted by molar-refractivity contribution is 5.98. The molecule has 148 valence electrons. The van der Waals surface area contributed by atoms with Crippen LogP contribution in [0, 0.1) is 0 Å². The lowest BCUT2D eigenvalue weighted by Gasteiger charge is -2.36. The van der Waals surface area contributed by atoms with Crippen molar-refractivity contribution in [2.24, 2.45) is 0 Å². The fourth-order valence-electron chi connectivity index (χ4n) is 3.73. The molecule has 1 aliphatic rings. The third-order valence-electron chi connectivity index (χ3n) is 5.27. The second kappa shape index (κ2) is 8.84. The number of hydrogen-bond donors (Lipinski definition) is 2. The summed E-state index contributed by atoms with van der Waals surface area (Å²) in [5.74, 6) is -0.119. The molecule has 1 aliphatic heterocycles. The minimum atomic E-state index is -0.160. The molecule has 1 saturated heterocycles. The quantitative estimate of drug-likeness (QED) is 0.704. The van der Waals surface area contributed by atoms with Gasteiger partial charge >= 0.3 is 0 Å². The van der Waals surface area contributed by atoms with Gasteiger partial charge in [0.05, 0.1) is 6.04 Å². The maximum absolute atomic E-state index is 12.8. The van der Waals surface area contributed by atoms with Crippen molar-refractivity contribution in [1.82, 2.24) is 20.5 Å². The highest BCUT2D eigenvalue weighted by atomic mass is 16.2. The number of pyridine rings is 1. The van der Waals surface area contributed by atoms with E-state index in [-0.39, 0.29) is 24.3 Å². The van der Waals surface area contributed by atoms with Gasteiger partial charge in [-0.2, -0.15) is 0 Å². The van der Waals surface area contributed by atoms with E-state index in [0.717, 1.165) is 22.9 Å². The molecule has 0 radical (unpaired) electrons. The molecule has 2 N–H and O–H groups in total. The van der Waals surface area contributed by atoms with E-state index in [4.69, 9.17) is 0 Å².